The monoisotopic (exact) mass is 727 g/mol. The number of fused-ring (bicyclic) bond motifs is 9. The Labute approximate surface area is 323 Å². The fourth-order valence-electron chi connectivity index (χ4n) is 8.92. The van der Waals surface area contributed by atoms with Crippen molar-refractivity contribution in [2.45, 2.75) is 19.3 Å². The molecule has 1 aliphatic rings. The lowest BCUT2D eigenvalue weighted by Gasteiger charge is -2.29. The Morgan fingerprint density at radius 3 is 1.89 bits per heavy atom. The molecule has 1 aliphatic carbocycles. The topological polar surface area (TPSA) is 29.5 Å². The van der Waals surface area contributed by atoms with E-state index in [1.54, 1.807) is 0 Å². The second-order valence-corrected chi connectivity index (χ2v) is 15.4. The van der Waals surface area contributed by atoms with Gasteiger partial charge in [-0.3, -0.25) is 0 Å². The molecule has 0 aliphatic heterocycles. The van der Waals surface area contributed by atoms with Crippen LogP contribution >= 0.6 is 11.6 Å². The van der Waals surface area contributed by atoms with Crippen LogP contribution in [0.2, 0.25) is 5.02 Å². The zero-order chi connectivity index (χ0) is 36.8. The van der Waals surface area contributed by atoms with Crippen molar-refractivity contribution >= 4 is 72.5 Å². The SMILES string of the molecule is CC1(C)c2ccccc2-c2c(N(c3ccc(-c4ccccc4)cc3)c3ccc4oc5ccc(-c6cccc7oc8cccc(Cl)c8c67)cc5c4c3)cccc21. The molecule has 2 heterocycles. The van der Waals surface area contributed by atoms with Crippen LogP contribution in [0, 0.1) is 0 Å². The van der Waals surface area contributed by atoms with Gasteiger partial charge in [0, 0.05) is 43.9 Å². The molecule has 0 bridgehead atoms. The quantitative estimate of drug-likeness (QED) is 0.177. The summed E-state index contributed by atoms with van der Waals surface area (Å²) in [6.45, 7) is 4.67. The number of benzene rings is 8. The van der Waals surface area contributed by atoms with E-state index in [4.69, 9.17) is 20.4 Å². The van der Waals surface area contributed by atoms with Crippen LogP contribution in [-0.2, 0) is 5.41 Å². The van der Waals surface area contributed by atoms with Gasteiger partial charge in [-0.25, -0.2) is 0 Å². The number of hydrogen-bond donors (Lipinski definition) is 0. The van der Waals surface area contributed by atoms with E-state index >= 15 is 0 Å². The normalized spacial score (nSPS) is 13.1. The van der Waals surface area contributed by atoms with Crippen LogP contribution < -0.4 is 4.90 Å². The molecule has 3 nitrogen and oxygen atoms in total. The summed E-state index contributed by atoms with van der Waals surface area (Å²) < 4.78 is 12.8. The number of rotatable bonds is 5. The van der Waals surface area contributed by atoms with Crippen molar-refractivity contribution in [1.82, 2.24) is 0 Å². The van der Waals surface area contributed by atoms with E-state index in [2.05, 4.69) is 158 Å². The van der Waals surface area contributed by atoms with Crippen molar-refractivity contribution in [2.75, 3.05) is 4.90 Å². The first kappa shape index (κ1) is 31.9. The van der Waals surface area contributed by atoms with Gasteiger partial charge in [-0.1, -0.05) is 129 Å². The number of furan rings is 2. The second kappa shape index (κ2) is 12.0. The Morgan fingerprint density at radius 2 is 1.05 bits per heavy atom. The Morgan fingerprint density at radius 1 is 0.455 bits per heavy atom. The molecule has 8 aromatic carbocycles. The maximum absolute atomic E-state index is 6.78. The summed E-state index contributed by atoms with van der Waals surface area (Å²) in [6, 6.07) is 60.2. The largest absolute Gasteiger partial charge is 0.456 e. The van der Waals surface area contributed by atoms with Crippen molar-refractivity contribution in [3.63, 3.8) is 0 Å². The van der Waals surface area contributed by atoms with Gasteiger partial charge in [-0.2, -0.15) is 0 Å². The Hall–Kier alpha value is -6.55. The van der Waals surface area contributed by atoms with E-state index in [1.165, 1.54) is 33.4 Å². The standard InChI is InChI=1S/C51H34ClNO2/c1-51(2)40-15-7-6-13-37(40)48-41(51)16-9-18-43(48)53(34-24-21-32(22-25-34)31-11-4-3-5-12-31)35-26-28-45-39(30-35)38-29-33(23-27-44(38)54-45)36-14-8-19-46-49(36)50-42(52)17-10-20-47(50)55-46/h3-30H,1-2H3. The van der Waals surface area contributed by atoms with Crippen LogP contribution in [0.15, 0.2) is 179 Å². The fraction of sp³-hybridized carbons (Fsp3) is 0.0588. The highest BCUT2D eigenvalue weighted by Gasteiger charge is 2.37. The molecule has 10 aromatic rings. The molecule has 0 amide bonds. The van der Waals surface area contributed by atoms with Crippen LogP contribution in [0.3, 0.4) is 0 Å². The van der Waals surface area contributed by atoms with E-state index in [1.807, 2.05) is 30.3 Å². The summed E-state index contributed by atoms with van der Waals surface area (Å²) in [4.78, 5) is 2.41. The third-order valence-corrected chi connectivity index (χ3v) is 11.9. The van der Waals surface area contributed by atoms with E-state index in [0.717, 1.165) is 72.1 Å². The highest BCUT2D eigenvalue weighted by atomic mass is 35.5. The van der Waals surface area contributed by atoms with Crippen LogP contribution in [0.25, 0.3) is 77.3 Å². The highest BCUT2D eigenvalue weighted by Crippen LogP contribution is 2.54. The molecule has 0 spiro atoms. The summed E-state index contributed by atoms with van der Waals surface area (Å²) in [7, 11) is 0. The van der Waals surface area contributed by atoms with E-state index in [0.29, 0.717) is 5.02 Å². The first-order valence-electron chi connectivity index (χ1n) is 18.7. The minimum absolute atomic E-state index is 0.126. The molecule has 0 saturated carbocycles. The molecule has 0 fully saturated rings. The molecule has 11 rings (SSSR count). The van der Waals surface area contributed by atoms with Gasteiger partial charge in [-0.05, 0) is 106 Å². The zero-order valence-corrected chi connectivity index (χ0v) is 31.1. The van der Waals surface area contributed by atoms with Crippen LogP contribution in [0.4, 0.5) is 17.1 Å². The summed E-state index contributed by atoms with van der Waals surface area (Å²) in [5.74, 6) is 0. The lowest BCUT2D eigenvalue weighted by Crippen LogP contribution is -2.16. The van der Waals surface area contributed by atoms with Crippen molar-refractivity contribution in [2.24, 2.45) is 0 Å². The van der Waals surface area contributed by atoms with Gasteiger partial charge in [0.25, 0.3) is 0 Å². The van der Waals surface area contributed by atoms with Gasteiger partial charge in [0.15, 0.2) is 0 Å². The van der Waals surface area contributed by atoms with Gasteiger partial charge in [0.05, 0.1) is 10.7 Å². The molecular formula is C51H34ClNO2. The molecule has 55 heavy (non-hydrogen) atoms. The Bertz CT molecular complexity index is 3130. The third-order valence-electron chi connectivity index (χ3n) is 11.6. The average Bonchev–Trinajstić information content (AvgIpc) is 3.87. The molecular weight excluding hydrogens is 694 g/mol. The maximum Gasteiger partial charge on any atom is 0.136 e. The van der Waals surface area contributed by atoms with E-state index < -0.39 is 0 Å². The number of hydrogen-bond acceptors (Lipinski definition) is 3. The van der Waals surface area contributed by atoms with Crippen LogP contribution in [0.1, 0.15) is 25.0 Å². The summed E-state index contributed by atoms with van der Waals surface area (Å²) in [6.07, 6.45) is 0. The number of halogens is 1. The van der Waals surface area contributed by atoms with Crippen molar-refractivity contribution in [1.29, 1.82) is 0 Å². The van der Waals surface area contributed by atoms with Crippen LogP contribution in [0.5, 0.6) is 0 Å². The molecule has 0 saturated heterocycles. The third kappa shape index (κ3) is 4.83. The summed E-state index contributed by atoms with van der Waals surface area (Å²) in [5.41, 5.74) is 16.2. The first-order chi connectivity index (χ1) is 26.9. The molecule has 0 radical (unpaired) electrons. The average molecular weight is 728 g/mol. The lowest BCUT2D eigenvalue weighted by molar-refractivity contribution is 0.660. The Balaban J connectivity index is 1.12. The second-order valence-electron chi connectivity index (χ2n) is 15.0. The molecule has 2 aromatic heterocycles. The minimum Gasteiger partial charge on any atom is -0.456 e. The Kier molecular flexibility index (Phi) is 6.95. The van der Waals surface area contributed by atoms with Gasteiger partial charge < -0.3 is 13.7 Å². The van der Waals surface area contributed by atoms with E-state index in [-0.39, 0.29) is 5.41 Å². The first-order valence-corrected chi connectivity index (χ1v) is 19.1. The highest BCUT2D eigenvalue weighted by molar-refractivity contribution is 6.38. The van der Waals surface area contributed by atoms with Gasteiger partial charge >= 0.3 is 0 Å². The van der Waals surface area contributed by atoms with Gasteiger partial charge in [0.2, 0.25) is 0 Å². The summed E-state index contributed by atoms with van der Waals surface area (Å²) in [5, 5.41) is 4.73. The van der Waals surface area contributed by atoms with Crippen molar-refractivity contribution < 1.29 is 8.83 Å². The zero-order valence-electron chi connectivity index (χ0n) is 30.3. The van der Waals surface area contributed by atoms with Crippen LogP contribution in [-0.4, -0.2) is 0 Å². The maximum atomic E-state index is 6.78. The van der Waals surface area contributed by atoms with E-state index in [9.17, 15) is 0 Å². The molecule has 4 heteroatoms. The smallest absolute Gasteiger partial charge is 0.136 e. The molecule has 0 atom stereocenters. The van der Waals surface area contributed by atoms with Gasteiger partial charge in [0.1, 0.15) is 22.3 Å². The number of anilines is 3. The minimum atomic E-state index is -0.126. The lowest BCUT2D eigenvalue weighted by atomic mass is 9.82. The molecule has 0 N–H and O–H groups in total. The molecule has 262 valence electrons. The summed E-state index contributed by atoms with van der Waals surface area (Å²) >= 11 is 6.78. The van der Waals surface area contributed by atoms with Crippen molar-refractivity contribution in [3.8, 4) is 33.4 Å². The predicted octanol–water partition coefficient (Wildman–Crippen LogP) is 15.2. The number of nitrogens with zero attached hydrogens (tertiary/aromatic N) is 1. The predicted molar refractivity (Wildman–Crippen MR) is 229 cm³/mol. The fourth-order valence-corrected chi connectivity index (χ4v) is 9.18. The molecule has 0 unspecified atom stereocenters. The van der Waals surface area contributed by atoms with Gasteiger partial charge in [-0.15, -0.1) is 0 Å². The van der Waals surface area contributed by atoms with Crippen molar-refractivity contribution in [3.05, 3.63) is 186 Å².